The Hall–Kier alpha value is -2.10. The molecule has 0 radical (unpaired) electrons. The molecular weight excluding hydrogens is 386 g/mol. The number of nitrogens with zero attached hydrogens (tertiary/aromatic N) is 4. The first-order valence-electron chi connectivity index (χ1n) is 7.63. The number of thiazole rings is 1. The number of halogens is 3. The van der Waals surface area contributed by atoms with Gasteiger partial charge in [0, 0.05) is 24.4 Å². The Morgan fingerprint density at radius 1 is 1.35 bits per heavy atom. The van der Waals surface area contributed by atoms with E-state index in [0.717, 1.165) is 10.7 Å². The van der Waals surface area contributed by atoms with Crippen LogP contribution in [0.4, 0.5) is 14.5 Å². The third-order valence-corrected chi connectivity index (χ3v) is 4.66. The van der Waals surface area contributed by atoms with Crippen molar-refractivity contribution in [2.24, 2.45) is 0 Å². The van der Waals surface area contributed by atoms with Gasteiger partial charge in [-0.15, -0.1) is 21.5 Å². The van der Waals surface area contributed by atoms with Gasteiger partial charge in [0.25, 0.3) is 11.8 Å². The Morgan fingerprint density at radius 2 is 2.19 bits per heavy atom. The van der Waals surface area contributed by atoms with Crippen LogP contribution in [-0.4, -0.2) is 35.4 Å². The number of aromatic nitrogens is 3. The molecule has 0 saturated heterocycles. The lowest BCUT2D eigenvalue weighted by Gasteiger charge is -2.23. The van der Waals surface area contributed by atoms with Gasteiger partial charge in [0.1, 0.15) is 9.88 Å². The first-order chi connectivity index (χ1) is 12.6. The van der Waals surface area contributed by atoms with Crippen LogP contribution < -0.4 is 4.90 Å². The zero-order valence-electron chi connectivity index (χ0n) is 13.7. The molecule has 138 valence electrons. The van der Waals surface area contributed by atoms with Crippen molar-refractivity contribution in [2.45, 2.75) is 13.0 Å². The summed E-state index contributed by atoms with van der Waals surface area (Å²) in [4.78, 5) is 6.94. The Balaban J connectivity index is 1.77. The average Bonchev–Trinajstić information content (AvgIpc) is 3.27. The molecule has 0 unspecified atom stereocenters. The summed E-state index contributed by atoms with van der Waals surface area (Å²) in [6.45, 7) is 1.68. The van der Waals surface area contributed by atoms with E-state index in [9.17, 15) is 8.78 Å². The zero-order chi connectivity index (χ0) is 18.5. The van der Waals surface area contributed by atoms with Gasteiger partial charge in [0.15, 0.2) is 0 Å². The van der Waals surface area contributed by atoms with Crippen LogP contribution in [0, 0.1) is 0 Å². The SMILES string of the molecule is COCCN(Cc1ncc(-c2nnc(C(F)F)o2)s1)c1cccc(Cl)c1. The lowest BCUT2D eigenvalue weighted by Crippen LogP contribution is -2.26. The maximum absolute atomic E-state index is 12.6. The molecule has 26 heavy (non-hydrogen) atoms. The van der Waals surface area contributed by atoms with E-state index in [1.165, 1.54) is 17.5 Å². The van der Waals surface area contributed by atoms with Crippen molar-refractivity contribution < 1.29 is 17.9 Å². The molecule has 0 fully saturated rings. The first kappa shape index (κ1) is 18.7. The standard InChI is InChI=1S/C16H15ClF2N4O2S/c1-24-6-5-23(11-4-2-3-10(17)7-11)9-13-20-8-12(26-13)15-21-22-16(25-15)14(18)19/h2-4,7-8,14H,5-6,9H2,1H3. The quantitative estimate of drug-likeness (QED) is 0.557. The Morgan fingerprint density at radius 3 is 2.88 bits per heavy atom. The van der Waals surface area contributed by atoms with Crippen molar-refractivity contribution in [1.29, 1.82) is 0 Å². The van der Waals surface area contributed by atoms with E-state index >= 15 is 0 Å². The van der Waals surface area contributed by atoms with Gasteiger partial charge in [-0.05, 0) is 18.2 Å². The van der Waals surface area contributed by atoms with Crippen molar-refractivity contribution in [3.05, 3.63) is 46.4 Å². The summed E-state index contributed by atoms with van der Waals surface area (Å²) in [5, 5.41) is 8.38. The maximum Gasteiger partial charge on any atom is 0.314 e. The third kappa shape index (κ3) is 4.54. The van der Waals surface area contributed by atoms with Crippen LogP contribution in [0.5, 0.6) is 0 Å². The van der Waals surface area contributed by atoms with Gasteiger partial charge in [-0.3, -0.25) is 0 Å². The second-order valence-electron chi connectivity index (χ2n) is 5.26. The highest BCUT2D eigenvalue weighted by Gasteiger charge is 2.19. The molecule has 2 aromatic heterocycles. The van der Waals surface area contributed by atoms with E-state index in [-0.39, 0.29) is 5.89 Å². The number of alkyl halides is 2. The zero-order valence-corrected chi connectivity index (χ0v) is 15.3. The lowest BCUT2D eigenvalue weighted by molar-refractivity contribution is 0.116. The summed E-state index contributed by atoms with van der Waals surface area (Å²) in [5.74, 6) is -0.661. The minimum absolute atomic E-state index is 0.0373. The summed E-state index contributed by atoms with van der Waals surface area (Å²) in [5.41, 5.74) is 0.934. The fraction of sp³-hybridized carbons (Fsp3) is 0.312. The van der Waals surface area contributed by atoms with Gasteiger partial charge in [-0.2, -0.15) is 8.78 Å². The number of methoxy groups -OCH3 is 1. The summed E-state index contributed by atoms with van der Waals surface area (Å²) in [7, 11) is 1.63. The third-order valence-electron chi connectivity index (χ3n) is 3.46. The van der Waals surface area contributed by atoms with Crippen molar-refractivity contribution in [2.75, 3.05) is 25.2 Å². The molecular formula is C16H15ClF2N4O2S. The molecule has 1 aromatic carbocycles. The van der Waals surface area contributed by atoms with E-state index in [2.05, 4.69) is 20.1 Å². The maximum atomic E-state index is 12.6. The molecule has 3 aromatic rings. The molecule has 2 heterocycles. The van der Waals surface area contributed by atoms with E-state index < -0.39 is 12.3 Å². The van der Waals surface area contributed by atoms with E-state index in [1.807, 2.05) is 18.2 Å². The van der Waals surface area contributed by atoms with Gasteiger partial charge in [0.05, 0.1) is 19.3 Å². The van der Waals surface area contributed by atoms with Crippen LogP contribution in [0.3, 0.4) is 0 Å². The van der Waals surface area contributed by atoms with Gasteiger partial charge < -0.3 is 14.1 Å². The molecule has 0 N–H and O–H groups in total. The first-order valence-corrected chi connectivity index (χ1v) is 8.82. The molecule has 0 aliphatic carbocycles. The molecule has 3 rings (SSSR count). The van der Waals surface area contributed by atoms with Crippen LogP contribution in [0.15, 0.2) is 34.9 Å². The largest absolute Gasteiger partial charge is 0.414 e. The van der Waals surface area contributed by atoms with Gasteiger partial charge in [-0.1, -0.05) is 17.7 Å². The Labute approximate surface area is 157 Å². The molecule has 0 bridgehead atoms. The van der Waals surface area contributed by atoms with Crippen LogP contribution >= 0.6 is 22.9 Å². The number of hydrogen-bond acceptors (Lipinski definition) is 7. The molecule has 10 heteroatoms. The molecule has 0 amide bonds. The summed E-state index contributed by atoms with van der Waals surface area (Å²) >= 11 is 7.38. The molecule has 6 nitrogen and oxygen atoms in total. The average molecular weight is 401 g/mol. The number of anilines is 1. The lowest BCUT2D eigenvalue weighted by atomic mass is 10.3. The minimum Gasteiger partial charge on any atom is -0.414 e. The van der Waals surface area contributed by atoms with Crippen molar-refractivity contribution in [3.8, 4) is 10.8 Å². The number of benzene rings is 1. The normalized spacial score (nSPS) is 11.3. The molecule has 0 atom stereocenters. The van der Waals surface area contributed by atoms with E-state index in [0.29, 0.717) is 29.6 Å². The van der Waals surface area contributed by atoms with Crippen molar-refractivity contribution in [1.82, 2.24) is 15.2 Å². The highest BCUT2D eigenvalue weighted by atomic mass is 35.5. The Kier molecular flexibility index (Phi) is 6.12. The predicted octanol–water partition coefficient (Wildman–Crippen LogP) is 4.44. The smallest absolute Gasteiger partial charge is 0.314 e. The predicted molar refractivity (Wildman–Crippen MR) is 94.7 cm³/mol. The topological polar surface area (TPSA) is 64.3 Å². The fourth-order valence-corrected chi connectivity index (χ4v) is 3.28. The van der Waals surface area contributed by atoms with Gasteiger partial charge in [-0.25, -0.2) is 4.98 Å². The van der Waals surface area contributed by atoms with Gasteiger partial charge >= 0.3 is 6.43 Å². The van der Waals surface area contributed by atoms with Crippen molar-refractivity contribution >= 4 is 28.6 Å². The van der Waals surface area contributed by atoms with Crippen molar-refractivity contribution in [3.63, 3.8) is 0 Å². The van der Waals surface area contributed by atoms with Gasteiger partial charge in [0.2, 0.25) is 0 Å². The second-order valence-corrected chi connectivity index (χ2v) is 6.81. The van der Waals surface area contributed by atoms with Crippen LogP contribution in [0.25, 0.3) is 10.8 Å². The highest BCUT2D eigenvalue weighted by molar-refractivity contribution is 7.15. The van der Waals surface area contributed by atoms with Crippen LogP contribution in [0.2, 0.25) is 5.02 Å². The fourth-order valence-electron chi connectivity index (χ4n) is 2.24. The van der Waals surface area contributed by atoms with Crippen LogP contribution in [-0.2, 0) is 11.3 Å². The number of hydrogen-bond donors (Lipinski definition) is 0. The van der Waals surface area contributed by atoms with Crippen LogP contribution in [0.1, 0.15) is 17.3 Å². The summed E-state index contributed by atoms with van der Waals surface area (Å²) < 4.78 is 35.3. The molecule has 0 saturated carbocycles. The summed E-state index contributed by atoms with van der Waals surface area (Å²) in [6, 6.07) is 7.48. The summed E-state index contributed by atoms with van der Waals surface area (Å²) in [6.07, 6.45) is -1.26. The molecule has 0 aliphatic heterocycles. The van der Waals surface area contributed by atoms with E-state index in [4.69, 9.17) is 20.8 Å². The Bertz CT molecular complexity index is 858. The van der Waals surface area contributed by atoms with E-state index in [1.54, 1.807) is 13.2 Å². The number of ether oxygens (including phenoxy) is 1. The minimum atomic E-state index is -2.80. The highest BCUT2D eigenvalue weighted by Crippen LogP contribution is 2.29. The monoisotopic (exact) mass is 400 g/mol. The number of rotatable bonds is 8. The second kappa shape index (κ2) is 8.52. The molecule has 0 aliphatic rings. The molecule has 0 spiro atoms.